The van der Waals surface area contributed by atoms with Crippen LogP contribution in [0.4, 0.5) is 11.4 Å². The first-order chi connectivity index (χ1) is 12.0. The van der Waals surface area contributed by atoms with Gasteiger partial charge in [0.2, 0.25) is 11.8 Å². The minimum atomic E-state index is -0.465. The minimum absolute atomic E-state index is 0.108. The Balaban J connectivity index is 1.63. The van der Waals surface area contributed by atoms with E-state index < -0.39 is 5.25 Å². The van der Waals surface area contributed by atoms with Crippen molar-refractivity contribution in [2.45, 2.75) is 25.5 Å². The Labute approximate surface area is 150 Å². The summed E-state index contributed by atoms with van der Waals surface area (Å²) in [5, 5.41) is 5.65. The monoisotopic (exact) mass is 353 g/mol. The van der Waals surface area contributed by atoms with E-state index >= 15 is 0 Å². The average molecular weight is 353 g/mol. The molecule has 2 aromatic carbocycles. The van der Waals surface area contributed by atoms with Crippen molar-refractivity contribution in [3.63, 3.8) is 0 Å². The zero-order chi connectivity index (χ0) is 17.8. The molecule has 2 N–H and O–H groups in total. The van der Waals surface area contributed by atoms with E-state index in [1.54, 1.807) is 0 Å². The summed E-state index contributed by atoms with van der Waals surface area (Å²) in [4.78, 5) is 28.8. The molecule has 1 fully saturated rings. The van der Waals surface area contributed by atoms with Gasteiger partial charge in [0.1, 0.15) is 5.25 Å². The van der Waals surface area contributed by atoms with Crippen molar-refractivity contribution in [2.24, 2.45) is 4.99 Å². The molecule has 0 aliphatic carbocycles. The molecule has 128 valence electrons. The number of nitrogens with one attached hydrogen (secondary N) is 2. The van der Waals surface area contributed by atoms with Crippen LogP contribution in [0.15, 0.2) is 53.5 Å². The molecule has 1 atom stereocenters. The third-order valence-electron chi connectivity index (χ3n) is 3.79. The maximum absolute atomic E-state index is 12.2. The van der Waals surface area contributed by atoms with E-state index in [2.05, 4.69) is 15.6 Å². The van der Waals surface area contributed by atoms with E-state index in [0.29, 0.717) is 5.17 Å². The molecule has 0 spiro atoms. The number of rotatable bonds is 4. The van der Waals surface area contributed by atoms with Crippen molar-refractivity contribution in [2.75, 3.05) is 5.32 Å². The van der Waals surface area contributed by atoms with Crippen molar-refractivity contribution in [3.05, 3.63) is 59.7 Å². The van der Waals surface area contributed by atoms with Gasteiger partial charge in [-0.25, -0.2) is 4.99 Å². The zero-order valence-corrected chi connectivity index (χ0v) is 14.9. The number of hydrogen-bond acceptors (Lipinski definition) is 4. The third-order valence-corrected chi connectivity index (χ3v) is 4.87. The van der Waals surface area contributed by atoms with Crippen molar-refractivity contribution >= 4 is 40.1 Å². The molecule has 2 aromatic rings. The van der Waals surface area contributed by atoms with Crippen LogP contribution in [-0.4, -0.2) is 22.2 Å². The van der Waals surface area contributed by atoms with Gasteiger partial charge in [-0.2, -0.15) is 0 Å². The standard InChI is InChI=1S/C19H19N3O2S/c1-12-6-5-8-14(10-12)20-17(23)11-16-18(24)22-19(25-16)21-15-9-4-3-7-13(15)2/h3-10,16H,11H2,1-2H3,(H,20,23)(H,21,22,24)/t16-/m0/s1. The first-order valence-electron chi connectivity index (χ1n) is 7.99. The number of para-hydroxylation sites is 1. The van der Waals surface area contributed by atoms with Crippen LogP contribution in [0.25, 0.3) is 0 Å². The fourth-order valence-electron chi connectivity index (χ4n) is 2.49. The fraction of sp³-hybridized carbons (Fsp3) is 0.211. The van der Waals surface area contributed by atoms with Crippen LogP contribution in [0.3, 0.4) is 0 Å². The highest BCUT2D eigenvalue weighted by Crippen LogP contribution is 2.26. The van der Waals surface area contributed by atoms with Crippen LogP contribution in [-0.2, 0) is 9.59 Å². The van der Waals surface area contributed by atoms with Crippen LogP contribution in [0.5, 0.6) is 0 Å². The Hall–Kier alpha value is -2.60. The summed E-state index contributed by atoms with van der Waals surface area (Å²) in [6.45, 7) is 3.93. The van der Waals surface area contributed by atoms with Gasteiger partial charge in [0.05, 0.1) is 5.69 Å². The second-order valence-corrected chi connectivity index (χ2v) is 7.11. The predicted octanol–water partition coefficient (Wildman–Crippen LogP) is 3.55. The molecular formula is C19H19N3O2S. The number of nitrogens with zero attached hydrogens (tertiary/aromatic N) is 1. The molecule has 0 saturated carbocycles. The molecule has 1 heterocycles. The average Bonchev–Trinajstić information content (AvgIpc) is 2.89. The lowest BCUT2D eigenvalue weighted by Crippen LogP contribution is -2.28. The largest absolute Gasteiger partial charge is 0.326 e. The number of amidine groups is 1. The molecule has 25 heavy (non-hydrogen) atoms. The van der Waals surface area contributed by atoms with E-state index in [9.17, 15) is 9.59 Å². The Morgan fingerprint density at radius 3 is 2.76 bits per heavy atom. The normalized spacial score (nSPS) is 18.2. The number of benzene rings is 2. The number of aryl methyl sites for hydroxylation is 2. The first-order valence-corrected chi connectivity index (χ1v) is 8.87. The Morgan fingerprint density at radius 1 is 1.20 bits per heavy atom. The lowest BCUT2D eigenvalue weighted by Gasteiger charge is -2.08. The number of amides is 2. The molecule has 0 radical (unpaired) electrons. The van der Waals surface area contributed by atoms with Gasteiger partial charge >= 0.3 is 0 Å². The topological polar surface area (TPSA) is 70.6 Å². The SMILES string of the molecule is Cc1cccc(NC(=O)C[C@@H]2SC(=Nc3ccccc3C)NC2=O)c1. The second-order valence-electron chi connectivity index (χ2n) is 5.92. The van der Waals surface area contributed by atoms with Crippen LogP contribution in [0.1, 0.15) is 17.5 Å². The molecule has 1 aliphatic rings. The molecule has 0 aromatic heterocycles. The number of hydrogen-bond donors (Lipinski definition) is 2. The van der Waals surface area contributed by atoms with Gasteiger partial charge in [-0.1, -0.05) is 42.1 Å². The Morgan fingerprint density at radius 2 is 2.00 bits per heavy atom. The lowest BCUT2D eigenvalue weighted by molar-refractivity contribution is -0.122. The fourth-order valence-corrected chi connectivity index (χ4v) is 3.47. The number of thioether (sulfide) groups is 1. The molecule has 2 amide bonds. The van der Waals surface area contributed by atoms with Crippen LogP contribution in [0, 0.1) is 13.8 Å². The van der Waals surface area contributed by atoms with Crippen molar-refractivity contribution in [3.8, 4) is 0 Å². The summed E-state index contributed by atoms with van der Waals surface area (Å²) in [5.74, 6) is -0.368. The van der Waals surface area contributed by atoms with Crippen molar-refractivity contribution in [1.29, 1.82) is 0 Å². The predicted molar refractivity (Wildman–Crippen MR) is 102 cm³/mol. The molecule has 0 unspecified atom stereocenters. The third kappa shape index (κ3) is 4.48. The number of carbonyl (C=O) groups is 2. The maximum atomic E-state index is 12.2. The number of aliphatic imine (C=N–C) groups is 1. The van der Waals surface area contributed by atoms with Gasteiger partial charge in [0.15, 0.2) is 5.17 Å². The van der Waals surface area contributed by atoms with Gasteiger partial charge in [0, 0.05) is 12.1 Å². The van der Waals surface area contributed by atoms with E-state index in [0.717, 1.165) is 22.5 Å². The van der Waals surface area contributed by atoms with Gasteiger partial charge in [-0.3, -0.25) is 9.59 Å². The lowest BCUT2D eigenvalue weighted by atomic mass is 10.2. The van der Waals surface area contributed by atoms with Gasteiger partial charge in [0.25, 0.3) is 0 Å². The smallest absolute Gasteiger partial charge is 0.240 e. The molecule has 3 rings (SSSR count). The Bertz CT molecular complexity index is 848. The van der Waals surface area contributed by atoms with Gasteiger partial charge < -0.3 is 10.6 Å². The van der Waals surface area contributed by atoms with E-state index in [1.807, 2.05) is 62.4 Å². The quantitative estimate of drug-likeness (QED) is 0.883. The van der Waals surface area contributed by atoms with Gasteiger partial charge in [-0.15, -0.1) is 0 Å². The number of carbonyl (C=O) groups excluding carboxylic acids is 2. The van der Waals surface area contributed by atoms with E-state index in [1.165, 1.54) is 11.8 Å². The van der Waals surface area contributed by atoms with E-state index in [-0.39, 0.29) is 18.2 Å². The molecule has 1 aliphatic heterocycles. The second kappa shape index (κ2) is 7.53. The van der Waals surface area contributed by atoms with E-state index in [4.69, 9.17) is 0 Å². The minimum Gasteiger partial charge on any atom is -0.326 e. The van der Waals surface area contributed by atoms with Crippen LogP contribution < -0.4 is 10.6 Å². The van der Waals surface area contributed by atoms with Crippen LogP contribution in [0.2, 0.25) is 0 Å². The number of anilines is 1. The van der Waals surface area contributed by atoms with Crippen LogP contribution >= 0.6 is 11.8 Å². The summed E-state index contributed by atoms with van der Waals surface area (Å²) < 4.78 is 0. The highest BCUT2D eigenvalue weighted by Gasteiger charge is 2.32. The molecule has 0 bridgehead atoms. The summed E-state index contributed by atoms with van der Waals surface area (Å²) >= 11 is 1.29. The Kier molecular flexibility index (Phi) is 5.19. The summed E-state index contributed by atoms with van der Waals surface area (Å²) in [5.41, 5.74) is 3.65. The zero-order valence-electron chi connectivity index (χ0n) is 14.1. The molecular weight excluding hydrogens is 334 g/mol. The molecule has 5 nitrogen and oxygen atoms in total. The summed E-state index contributed by atoms with van der Waals surface area (Å²) in [6, 6.07) is 15.3. The summed E-state index contributed by atoms with van der Waals surface area (Å²) in [7, 11) is 0. The maximum Gasteiger partial charge on any atom is 0.240 e. The molecule has 6 heteroatoms. The highest BCUT2D eigenvalue weighted by molar-refractivity contribution is 8.15. The molecule has 1 saturated heterocycles. The van der Waals surface area contributed by atoms with Gasteiger partial charge in [-0.05, 0) is 43.2 Å². The van der Waals surface area contributed by atoms with Crippen molar-refractivity contribution < 1.29 is 9.59 Å². The van der Waals surface area contributed by atoms with Crippen molar-refractivity contribution in [1.82, 2.24) is 5.32 Å². The first kappa shape index (κ1) is 17.2. The summed E-state index contributed by atoms with van der Waals surface area (Å²) in [6.07, 6.45) is 0.108. The highest BCUT2D eigenvalue weighted by atomic mass is 32.2.